The summed E-state index contributed by atoms with van der Waals surface area (Å²) in [5.74, 6) is 1.20. The summed E-state index contributed by atoms with van der Waals surface area (Å²) in [4.78, 5) is 13.2. The maximum absolute atomic E-state index is 11.7. The number of halogens is 1. The minimum atomic E-state index is -0.483. The number of H-pyrrole nitrogens is 1. The van der Waals surface area contributed by atoms with Gasteiger partial charge in [-0.15, -0.1) is 0 Å². The van der Waals surface area contributed by atoms with Gasteiger partial charge in [-0.3, -0.25) is 10.00 Å². The standard InChI is InChI=1S/C15H17ClN4O/c16-12-3-1-2-10(8-12)6-7-20(15(17)21)14-9-13(18-19-14)11-4-5-11/h1-3,8-9,11H,4-7H2,(H2,17,21)(H,18,19). The molecule has 0 bridgehead atoms. The molecule has 1 saturated carbocycles. The first-order chi connectivity index (χ1) is 10.1. The lowest BCUT2D eigenvalue weighted by Crippen LogP contribution is -2.37. The molecule has 110 valence electrons. The van der Waals surface area contributed by atoms with Crippen molar-refractivity contribution in [3.63, 3.8) is 0 Å². The first-order valence-electron chi connectivity index (χ1n) is 7.00. The van der Waals surface area contributed by atoms with E-state index in [-0.39, 0.29) is 0 Å². The van der Waals surface area contributed by atoms with Crippen LogP contribution >= 0.6 is 11.6 Å². The Balaban J connectivity index is 1.70. The van der Waals surface area contributed by atoms with E-state index in [9.17, 15) is 4.79 Å². The van der Waals surface area contributed by atoms with Crippen LogP contribution < -0.4 is 10.6 Å². The van der Waals surface area contributed by atoms with Crippen molar-refractivity contribution in [3.05, 3.63) is 46.6 Å². The van der Waals surface area contributed by atoms with Crippen LogP contribution in [0.15, 0.2) is 30.3 Å². The van der Waals surface area contributed by atoms with Gasteiger partial charge in [0, 0.05) is 23.6 Å². The van der Waals surface area contributed by atoms with Crippen LogP contribution in [0.3, 0.4) is 0 Å². The Bertz CT molecular complexity index is 651. The molecular formula is C15H17ClN4O. The van der Waals surface area contributed by atoms with Gasteiger partial charge in [0.2, 0.25) is 0 Å². The predicted octanol–water partition coefficient (Wildman–Crippen LogP) is 3.07. The van der Waals surface area contributed by atoms with Gasteiger partial charge in [0.05, 0.1) is 5.69 Å². The van der Waals surface area contributed by atoms with E-state index in [4.69, 9.17) is 17.3 Å². The summed E-state index contributed by atoms with van der Waals surface area (Å²) in [5.41, 5.74) is 7.56. The first kappa shape index (κ1) is 13.9. The fourth-order valence-electron chi connectivity index (χ4n) is 2.34. The van der Waals surface area contributed by atoms with Crippen molar-refractivity contribution in [2.24, 2.45) is 5.73 Å². The number of rotatable bonds is 5. The number of anilines is 1. The van der Waals surface area contributed by atoms with E-state index in [0.29, 0.717) is 29.7 Å². The Labute approximate surface area is 128 Å². The highest BCUT2D eigenvalue weighted by Crippen LogP contribution is 2.39. The molecule has 1 heterocycles. The van der Waals surface area contributed by atoms with Crippen LogP contribution in [0.2, 0.25) is 5.02 Å². The summed E-state index contributed by atoms with van der Waals surface area (Å²) < 4.78 is 0. The number of primary amides is 1. The summed E-state index contributed by atoms with van der Waals surface area (Å²) in [7, 11) is 0. The van der Waals surface area contributed by atoms with Crippen molar-refractivity contribution in [2.45, 2.75) is 25.2 Å². The normalized spacial score (nSPS) is 14.1. The summed E-state index contributed by atoms with van der Waals surface area (Å²) in [6, 6.07) is 9.03. The van der Waals surface area contributed by atoms with Gasteiger partial charge in [-0.25, -0.2) is 4.79 Å². The Kier molecular flexibility index (Phi) is 3.84. The van der Waals surface area contributed by atoms with Gasteiger partial charge in [-0.1, -0.05) is 23.7 Å². The number of nitrogens with two attached hydrogens (primary N) is 1. The van der Waals surface area contributed by atoms with E-state index in [2.05, 4.69) is 10.2 Å². The van der Waals surface area contributed by atoms with Crippen molar-refractivity contribution in [3.8, 4) is 0 Å². The van der Waals surface area contributed by atoms with Crippen molar-refractivity contribution in [2.75, 3.05) is 11.4 Å². The van der Waals surface area contributed by atoms with E-state index in [1.54, 1.807) is 0 Å². The number of aromatic amines is 1. The van der Waals surface area contributed by atoms with E-state index < -0.39 is 6.03 Å². The minimum absolute atomic E-state index is 0.483. The van der Waals surface area contributed by atoms with Gasteiger partial charge in [0.1, 0.15) is 5.82 Å². The van der Waals surface area contributed by atoms with Crippen LogP contribution in [0, 0.1) is 0 Å². The number of hydrogen-bond donors (Lipinski definition) is 2. The molecular weight excluding hydrogens is 288 g/mol. The van der Waals surface area contributed by atoms with Gasteiger partial charge in [0.15, 0.2) is 0 Å². The van der Waals surface area contributed by atoms with Crippen LogP contribution in [0.5, 0.6) is 0 Å². The number of amides is 2. The zero-order chi connectivity index (χ0) is 14.8. The average molecular weight is 305 g/mol. The molecule has 1 aromatic heterocycles. The van der Waals surface area contributed by atoms with Gasteiger partial charge in [-0.2, -0.15) is 5.10 Å². The smallest absolute Gasteiger partial charge is 0.320 e. The van der Waals surface area contributed by atoms with Crippen molar-refractivity contribution < 1.29 is 4.79 Å². The molecule has 1 fully saturated rings. The molecule has 0 aliphatic heterocycles. The Morgan fingerprint density at radius 2 is 2.24 bits per heavy atom. The number of aromatic nitrogens is 2. The molecule has 6 heteroatoms. The third-order valence-electron chi connectivity index (χ3n) is 3.65. The number of benzene rings is 1. The minimum Gasteiger partial charge on any atom is -0.351 e. The molecule has 1 aromatic carbocycles. The van der Waals surface area contributed by atoms with E-state index in [1.807, 2.05) is 30.3 Å². The molecule has 2 aromatic rings. The number of carbonyl (C=O) groups excluding carboxylic acids is 1. The molecule has 0 spiro atoms. The summed E-state index contributed by atoms with van der Waals surface area (Å²) in [6.45, 7) is 0.488. The van der Waals surface area contributed by atoms with Crippen LogP contribution in [-0.2, 0) is 6.42 Å². The summed E-state index contributed by atoms with van der Waals surface area (Å²) >= 11 is 5.96. The molecule has 0 radical (unpaired) electrons. The fraction of sp³-hybridized carbons (Fsp3) is 0.333. The molecule has 3 N–H and O–H groups in total. The molecule has 1 aliphatic carbocycles. The second-order valence-corrected chi connectivity index (χ2v) is 5.76. The second-order valence-electron chi connectivity index (χ2n) is 5.32. The summed E-state index contributed by atoms with van der Waals surface area (Å²) in [6.07, 6.45) is 3.02. The maximum atomic E-state index is 11.7. The highest BCUT2D eigenvalue weighted by Gasteiger charge is 2.27. The number of urea groups is 1. The predicted molar refractivity (Wildman–Crippen MR) is 82.6 cm³/mol. The van der Waals surface area contributed by atoms with Crippen molar-refractivity contribution >= 4 is 23.4 Å². The van der Waals surface area contributed by atoms with Crippen LogP contribution in [-0.4, -0.2) is 22.8 Å². The van der Waals surface area contributed by atoms with Crippen molar-refractivity contribution in [1.29, 1.82) is 0 Å². The highest BCUT2D eigenvalue weighted by molar-refractivity contribution is 6.30. The first-order valence-corrected chi connectivity index (χ1v) is 7.38. The zero-order valence-corrected chi connectivity index (χ0v) is 12.3. The quantitative estimate of drug-likeness (QED) is 0.890. The number of carbonyl (C=O) groups is 1. The summed E-state index contributed by atoms with van der Waals surface area (Å²) in [5, 5.41) is 7.85. The second kappa shape index (κ2) is 5.77. The van der Waals surface area contributed by atoms with E-state index in [1.165, 1.54) is 17.7 Å². The lowest BCUT2D eigenvalue weighted by molar-refractivity contribution is 0.254. The Morgan fingerprint density at radius 1 is 1.43 bits per heavy atom. The molecule has 5 nitrogen and oxygen atoms in total. The zero-order valence-electron chi connectivity index (χ0n) is 11.6. The van der Waals surface area contributed by atoms with Crippen LogP contribution in [0.25, 0.3) is 0 Å². The largest absolute Gasteiger partial charge is 0.351 e. The number of hydrogen-bond acceptors (Lipinski definition) is 2. The topological polar surface area (TPSA) is 75.0 Å². The Morgan fingerprint density at radius 3 is 2.90 bits per heavy atom. The highest BCUT2D eigenvalue weighted by atomic mass is 35.5. The average Bonchev–Trinajstić information content (AvgIpc) is 3.18. The molecule has 2 amide bonds. The fourth-order valence-corrected chi connectivity index (χ4v) is 2.55. The van der Waals surface area contributed by atoms with Crippen LogP contribution in [0.4, 0.5) is 10.6 Å². The molecule has 0 unspecified atom stereocenters. The van der Waals surface area contributed by atoms with Gasteiger partial charge in [0.25, 0.3) is 0 Å². The number of nitrogens with one attached hydrogen (secondary N) is 1. The Hall–Kier alpha value is -2.01. The number of nitrogens with zero attached hydrogens (tertiary/aromatic N) is 2. The molecule has 0 atom stereocenters. The molecule has 0 saturated heterocycles. The molecule has 3 rings (SSSR count). The van der Waals surface area contributed by atoms with Gasteiger partial charge >= 0.3 is 6.03 Å². The third-order valence-corrected chi connectivity index (χ3v) is 3.88. The monoisotopic (exact) mass is 304 g/mol. The maximum Gasteiger partial charge on any atom is 0.320 e. The van der Waals surface area contributed by atoms with Crippen LogP contribution in [0.1, 0.15) is 30.0 Å². The van der Waals surface area contributed by atoms with E-state index in [0.717, 1.165) is 11.3 Å². The molecule has 21 heavy (non-hydrogen) atoms. The molecule has 1 aliphatic rings. The van der Waals surface area contributed by atoms with Gasteiger partial charge < -0.3 is 5.73 Å². The van der Waals surface area contributed by atoms with Crippen molar-refractivity contribution in [1.82, 2.24) is 10.2 Å². The third kappa shape index (κ3) is 3.36. The SMILES string of the molecule is NC(=O)N(CCc1cccc(Cl)c1)c1cc(C2CC2)n[nH]1. The lowest BCUT2D eigenvalue weighted by Gasteiger charge is -2.18. The van der Waals surface area contributed by atoms with E-state index >= 15 is 0 Å². The lowest BCUT2D eigenvalue weighted by atomic mass is 10.1. The van der Waals surface area contributed by atoms with Gasteiger partial charge in [-0.05, 0) is 37.0 Å².